The zero-order valence-corrected chi connectivity index (χ0v) is 16.5. The molecule has 0 atom stereocenters. The quantitative estimate of drug-likeness (QED) is 0.629. The molecule has 1 aromatic heterocycles. The average Bonchev–Trinajstić information content (AvgIpc) is 3.05. The fourth-order valence-corrected chi connectivity index (χ4v) is 3.48. The number of nitrogens with one attached hydrogen (secondary N) is 1. The molecule has 0 fully saturated rings. The van der Waals surface area contributed by atoms with Gasteiger partial charge in [-0.15, -0.1) is 11.8 Å². The van der Waals surface area contributed by atoms with Crippen molar-refractivity contribution in [3.63, 3.8) is 0 Å². The fraction of sp³-hybridized carbons (Fsp3) is 0.190. The van der Waals surface area contributed by atoms with Gasteiger partial charge < -0.3 is 5.32 Å². The summed E-state index contributed by atoms with van der Waals surface area (Å²) in [7, 11) is 0. The molecule has 0 aliphatic rings. The van der Waals surface area contributed by atoms with Gasteiger partial charge >= 0.3 is 0 Å². The lowest BCUT2D eigenvalue weighted by Crippen LogP contribution is -2.19. The minimum Gasteiger partial charge on any atom is -0.310 e. The summed E-state index contributed by atoms with van der Waals surface area (Å²) in [6, 6.07) is 12.5. The Hall–Kier alpha value is -3.18. The number of aryl methyl sites for hydroxylation is 1. The minimum absolute atomic E-state index is 0.00539. The van der Waals surface area contributed by atoms with Crippen LogP contribution in [0.25, 0.3) is 0 Å². The van der Waals surface area contributed by atoms with Gasteiger partial charge in [0.05, 0.1) is 30.1 Å². The molecule has 29 heavy (non-hydrogen) atoms. The zero-order chi connectivity index (χ0) is 20.8. The van der Waals surface area contributed by atoms with E-state index in [-0.39, 0.29) is 23.8 Å². The fourth-order valence-electron chi connectivity index (χ4n) is 2.69. The van der Waals surface area contributed by atoms with E-state index < -0.39 is 11.6 Å². The van der Waals surface area contributed by atoms with E-state index >= 15 is 0 Å². The number of carbonyl (C=O) groups is 1. The monoisotopic (exact) mass is 412 g/mol. The number of nitriles is 1. The predicted octanol–water partition coefficient (Wildman–Crippen LogP) is 4.26. The van der Waals surface area contributed by atoms with E-state index in [0.29, 0.717) is 17.1 Å². The third kappa shape index (κ3) is 5.42. The van der Waals surface area contributed by atoms with Crippen LogP contribution in [0, 0.1) is 29.9 Å². The van der Waals surface area contributed by atoms with Gasteiger partial charge in [-0.3, -0.25) is 4.79 Å². The summed E-state index contributed by atoms with van der Waals surface area (Å²) in [5.74, 6) is 0.0286. The summed E-state index contributed by atoms with van der Waals surface area (Å²) >= 11 is 1.44. The van der Waals surface area contributed by atoms with Gasteiger partial charge in [0.2, 0.25) is 5.91 Å². The number of halogens is 2. The number of amides is 1. The molecule has 0 spiro atoms. The van der Waals surface area contributed by atoms with E-state index in [1.54, 1.807) is 25.3 Å². The Morgan fingerprint density at radius 2 is 2.00 bits per heavy atom. The molecule has 0 saturated heterocycles. The first-order valence-corrected chi connectivity index (χ1v) is 9.94. The molecule has 0 aliphatic carbocycles. The molecular formula is C21H18F2N4OS. The highest BCUT2D eigenvalue weighted by molar-refractivity contribution is 7.99. The van der Waals surface area contributed by atoms with Crippen LogP contribution < -0.4 is 5.32 Å². The Bertz CT molecular complexity index is 1060. The van der Waals surface area contributed by atoms with Gasteiger partial charge in [0.15, 0.2) is 0 Å². The largest absolute Gasteiger partial charge is 0.310 e. The van der Waals surface area contributed by atoms with E-state index in [9.17, 15) is 13.6 Å². The number of benzene rings is 2. The Balaban J connectivity index is 1.59. The van der Waals surface area contributed by atoms with Crippen LogP contribution in [0.5, 0.6) is 0 Å². The van der Waals surface area contributed by atoms with Crippen LogP contribution in [0.15, 0.2) is 48.7 Å². The number of carbonyl (C=O) groups excluding carboxylic acids is 1. The van der Waals surface area contributed by atoms with Gasteiger partial charge in [-0.05, 0) is 42.8 Å². The lowest BCUT2D eigenvalue weighted by molar-refractivity contribution is -0.113. The molecule has 1 heterocycles. The molecule has 3 aromatic rings. The number of anilines is 1. The smallest absolute Gasteiger partial charge is 0.235 e. The van der Waals surface area contributed by atoms with Gasteiger partial charge in [-0.2, -0.15) is 10.4 Å². The number of hydrogen-bond acceptors (Lipinski definition) is 4. The van der Waals surface area contributed by atoms with E-state index in [2.05, 4.69) is 16.5 Å². The highest BCUT2D eigenvalue weighted by atomic mass is 32.2. The van der Waals surface area contributed by atoms with Crippen molar-refractivity contribution in [3.05, 3.63) is 82.5 Å². The zero-order valence-electron chi connectivity index (χ0n) is 15.7. The van der Waals surface area contributed by atoms with Crippen LogP contribution >= 0.6 is 11.8 Å². The van der Waals surface area contributed by atoms with Crippen LogP contribution in [0.4, 0.5) is 14.6 Å². The summed E-state index contributed by atoms with van der Waals surface area (Å²) in [5.41, 5.74) is 2.49. The predicted molar refractivity (Wildman–Crippen MR) is 108 cm³/mol. The third-order valence-corrected chi connectivity index (χ3v) is 5.20. The summed E-state index contributed by atoms with van der Waals surface area (Å²) < 4.78 is 28.8. The van der Waals surface area contributed by atoms with Crippen LogP contribution in [-0.4, -0.2) is 21.4 Å². The molecule has 5 nitrogen and oxygen atoms in total. The standard InChI is InChI=1S/C21H18F2N4OS/c1-14-10-25-27(11-17-8-18(22)6-7-19(17)23)21(14)26-20(28)13-29-12-16-4-2-15(9-24)3-5-16/h2-8,10H,11-13H2,1H3,(H,26,28). The second-order valence-corrected chi connectivity index (χ2v) is 7.40. The maximum atomic E-state index is 13.9. The molecule has 0 unspecified atom stereocenters. The van der Waals surface area contributed by atoms with Crippen LogP contribution in [0.2, 0.25) is 0 Å². The second-order valence-electron chi connectivity index (χ2n) is 6.42. The summed E-state index contributed by atoms with van der Waals surface area (Å²) in [5, 5.41) is 15.8. The van der Waals surface area contributed by atoms with Crippen molar-refractivity contribution in [2.75, 3.05) is 11.1 Å². The second kappa shape index (κ2) is 9.34. The van der Waals surface area contributed by atoms with Crippen molar-refractivity contribution in [2.24, 2.45) is 0 Å². The summed E-state index contributed by atoms with van der Waals surface area (Å²) in [6.07, 6.45) is 1.57. The van der Waals surface area contributed by atoms with E-state index in [4.69, 9.17) is 5.26 Å². The number of hydrogen-bond donors (Lipinski definition) is 1. The van der Waals surface area contributed by atoms with Gasteiger partial charge in [0.25, 0.3) is 0 Å². The van der Waals surface area contributed by atoms with Crippen LogP contribution in [-0.2, 0) is 17.1 Å². The maximum Gasteiger partial charge on any atom is 0.235 e. The van der Waals surface area contributed by atoms with Gasteiger partial charge in [0.1, 0.15) is 17.5 Å². The van der Waals surface area contributed by atoms with Crippen LogP contribution in [0.3, 0.4) is 0 Å². The first-order valence-electron chi connectivity index (χ1n) is 8.79. The van der Waals surface area contributed by atoms with E-state index in [1.807, 2.05) is 12.1 Å². The molecule has 1 amide bonds. The molecule has 2 aromatic carbocycles. The number of nitrogens with zero attached hydrogens (tertiary/aromatic N) is 3. The van der Waals surface area contributed by atoms with Crippen molar-refractivity contribution in [1.29, 1.82) is 5.26 Å². The number of aromatic nitrogens is 2. The molecule has 148 valence electrons. The molecule has 1 N–H and O–H groups in total. The SMILES string of the molecule is Cc1cnn(Cc2cc(F)ccc2F)c1NC(=O)CSCc1ccc(C#N)cc1. The Morgan fingerprint density at radius 3 is 2.72 bits per heavy atom. The normalized spacial score (nSPS) is 10.6. The van der Waals surface area contributed by atoms with Crippen LogP contribution in [0.1, 0.15) is 22.3 Å². The third-order valence-electron chi connectivity index (χ3n) is 4.19. The van der Waals surface area contributed by atoms with Crippen molar-refractivity contribution in [3.8, 4) is 6.07 Å². The molecule has 0 radical (unpaired) electrons. The van der Waals surface area contributed by atoms with Crippen molar-refractivity contribution < 1.29 is 13.6 Å². The lowest BCUT2D eigenvalue weighted by atomic mass is 10.2. The number of thioether (sulfide) groups is 1. The molecule has 0 bridgehead atoms. The van der Waals surface area contributed by atoms with E-state index in [1.165, 1.54) is 16.4 Å². The van der Waals surface area contributed by atoms with Crippen molar-refractivity contribution in [1.82, 2.24) is 9.78 Å². The lowest BCUT2D eigenvalue weighted by Gasteiger charge is -2.11. The molecule has 0 aliphatic heterocycles. The van der Waals surface area contributed by atoms with Gasteiger partial charge in [-0.1, -0.05) is 12.1 Å². The first kappa shape index (κ1) is 20.6. The molecule has 8 heteroatoms. The summed E-state index contributed by atoms with van der Waals surface area (Å²) in [4.78, 5) is 12.3. The van der Waals surface area contributed by atoms with Crippen molar-refractivity contribution in [2.45, 2.75) is 19.2 Å². The Labute approximate surface area is 171 Å². The highest BCUT2D eigenvalue weighted by Gasteiger charge is 2.14. The topological polar surface area (TPSA) is 70.7 Å². The van der Waals surface area contributed by atoms with Gasteiger partial charge in [-0.25, -0.2) is 13.5 Å². The maximum absolute atomic E-state index is 13.9. The number of rotatable bonds is 7. The van der Waals surface area contributed by atoms with E-state index in [0.717, 1.165) is 29.3 Å². The first-order chi connectivity index (χ1) is 14.0. The van der Waals surface area contributed by atoms with Crippen molar-refractivity contribution >= 4 is 23.5 Å². The molecule has 3 rings (SSSR count). The minimum atomic E-state index is -0.533. The summed E-state index contributed by atoms with van der Waals surface area (Å²) in [6.45, 7) is 1.79. The Morgan fingerprint density at radius 1 is 1.24 bits per heavy atom. The highest BCUT2D eigenvalue weighted by Crippen LogP contribution is 2.19. The average molecular weight is 412 g/mol. The Kier molecular flexibility index (Phi) is 6.62. The van der Waals surface area contributed by atoms with Gasteiger partial charge in [0, 0.05) is 16.9 Å². The molecule has 0 saturated carbocycles. The molecular weight excluding hydrogens is 394 g/mol.